The Bertz CT molecular complexity index is 2620. The Hall–Kier alpha value is -5.22. The lowest BCUT2D eigenvalue weighted by atomic mass is 9.33. The first-order valence-corrected chi connectivity index (χ1v) is 19.3. The van der Waals surface area contributed by atoms with Crippen molar-refractivity contribution in [2.75, 3.05) is 9.80 Å². The molecule has 4 heteroatoms. The Morgan fingerprint density at radius 1 is 0.596 bits per heavy atom. The zero-order valence-corrected chi connectivity index (χ0v) is 31.1. The van der Waals surface area contributed by atoms with E-state index in [0.29, 0.717) is 0 Å². The molecule has 11 rings (SSSR count). The van der Waals surface area contributed by atoms with Crippen LogP contribution in [-0.2, 0) is 5.41 Å². The van der Waals surface area contributed by atoms with Crippen LogP contribution in [0, 0.1) is 27.7 Å². The molecule has 52 heavy (non-hydrogen) atoms. The van der Waals surface area contributed by atoms with Crippen LogP contribution >= 0.6 is 0 Å². The molecule has 3 aliphatic heterocycles. The summed E-state index contributed by atoms with van der Waals surface area (Å²) in [5.74, 6) is 0. The van der Waals surface area contributed by atoms with Gasteiger partial charge in [0.05, 0.1) is 16.7 Å². The molecular formula is C48H44BN3. The highest BCUT2D eigenvalue weighted by Gasteiger charge is 2.61. The van der Waals surface area contributed by atoms with E-state index >= 15 is 0 Å². The fraction of sp³-hybridized carbons (Fsp3) is 0.250. The van der Waals surface area contributed by atoms with Crippen LogP contribution in [0.25, 0.3) is 27.5 Å². The first kappa shape index (κ1) is 30.4. The summed E-state index contributed by atoms with van der Waals surface area (Å²) in [6.45, 7) is 14.2. The number of para-hydroxylation sites is 1. The van der Waals surface area contributed by atoms with E-state index in [1.54, 1.807) is 5.56 Å². The van der Waals surface area contributed by atoms with Crippen molar-refractivity contribution >= 4 is 73.3 Å². The molecule has 1 aromatic heterocycles. The molecule has 0 amide bonds. The monoisotopic (exact) mass is 673 g/mol. The second-order valence-electron chi connectivity index (χ2n) is 16.8. The Balaban J connectivity index is 1.31. The molecule has 254 valence electrons. The lowest BCUT2D eigenvalue weighted by Crippen LogP contribution is -2.64. The van der Waals surface area contributed by atoms with Crippen LogP contribution in [-0.4, -0.2) is 16.8 Å². The summed E-state index contributed by atoms with van der Waals surface area (Å²) in [6.07, 6.45) is 4.96. The van der Waals surface area contributed by atoms with Gasteiger partial charge in [-0.25, -0.2) is 0 Å². The standard InChI is InChI=1S/C48H44BN3/c1-29-12-17-33(18-13-29)50(34-19-14-30(2)15-20-34)35-27-42-44-43(28-35)52-46-38(47(5)22-7-8-23-48(47,52)6)10-9-11-39(46)49(44)40-26-32(4)25-37-36-24-31(3)16-21-41(36)51(42)45(37)40/h9-21,24-28H,7-8,22-23H2,1-6H3. The lowest BCUT2D eigenvalue weighted by molar-refractivity contribution is 0.195. The van der Waals surface area contributed by atoms with Crippen molar-refractivity contribution in [1.29, 1.82) is 0 Å². The summed E-state index contributed by atoms with van der Waals surface area (Å²) in [7, 11) is 0. The van der Waals surface area contributed by atoms with Crippen molar-refractivity contribution in [1.82, 2.24) is 4.57 Å². The average molecular weight is 674 g/mol. The molecule has 4 heterocycles. The SMILES string of the molecule is Cc1ccc(N(c2ccc(C)cc2)c2cc3c4c(c2)-n2c5ccc(C)cc5c5cc(C)cc(c52)B4c2cccc4c2N3C2(C)CCCCC42C)cc1. The Morgan fingerprint density at radius 3 is 1.98 bits per heavy atom. The van der Waals surface area contributed by atoms with E-state index in [2.05, 4.69) is 165 Å². The first-order valence-electron chi connectivity index (χ1n) is 19.3. The third-order valence-electron chi connectivity index (χ3n) is 13.7. The minimum atomic E-state index is -0.0301. The third-order valence-corrected chi connectivity index (χ3v) is 13.7. The summed E-state index contributed by atoms with van der Waals surface area (Å²) in [4.78, 5) is 5.34. The van der Waals surface area contributed by atoms with E-state index in [9.17, 15) is 0 Å². The van der Waals surface area contributed by atoms with Gasteiger partial charge in [0.2, 0.25) is 0 Å². The molecular weight excluding hydrogens is 629 g/mol. The maximum atomic E-state index is 2.85. The lowest BCUT2D eigenvalue weighted by Gasteiger charge is -2.52. The van der Waals surface area contributed by atoms with E-state index in [1.807, 2.05) is 0 Å². The number of hydrogen-bond acceptors (Lipinski definition) is 2. The molecule has 3 nitrogen and oxygen atoms in total. The third kappa shape index (κ3) is 3.73. The largest absolute Gasteiger partial charge is 0.335 e. The molecule has 0 radical (unpaired) electrons. The molecule has 1 fully saturated rings. The van der Waals surface area contributed by atoms with Gasteiger partial charge in [0.25, 0.3) is 6.71 Å². The zero-order chi connectivity index (χ0) is 35.3. The minimum Gasteiger partial charge on any atom is -0.335 e. The van der Waals surface area contributed by atoms with Crippen molar-refractivity contribution < 1.29 is 0 Å². The van der Waals surface area contributed by atoms with Crippen LogP contribution in [0.3, 0.4) is 0 Å². The van der Waals surface area contributed by atoms with E-state index in [0.717, 1.165) is 0 Å². The van der Waals surface area contributed by atoms with Gasteiger partial charge in [0, 0.05) is 50.1 Å². The highest BCUT2D eigenvalue weighted by atomic mass is 15.3. The van der Waals surface area contributed by atoms with Crippen LogP contribution in [0.15, 0.2) is 109 Å². The number of anilines is 5. The van der Waals surface area contributed by atoms with Crippen LogP contribution in [0.2, 0.25) is 0 Å². The maximum Gasteiger partial charge on any atom is 0.252 e. The minimum absolute atomic E-state index is 0.0301. The van der Waals surface area contributed by atoms with Crippen LogP contribution in [0.4, 0.5) is 28.4 Å². The predicted octanol–water partition coefficient (Wildman–Crippen LogP) is 10.4. The molecule has 2 atom stereocenters. The normalized spacial score (nSPS) is 20.7. The molecule has 0 spiro atoms. The van der Waals surface area contributed by atoms with Crippen LogP contribution < -0.4 is 26.2 Å². The van der Waals surface area contributed by atoms with Crippen LogP contribution in [0.1, 0.15) is 67.3 Å². The number of fused-ring (bicyclic) bond motifs is 10. The van der Waals surface area contributed by atoms with Crippen molar-refractivity contribution in [3.05, 3.63) is 137 Å². The Kier molecular flexibility index (Phi) is 5.98. The number of aryl methyl sites for hydroxylation is 4. The summed E-state index contributed by atoms with van der Waals surface area (Å²) in [5.41, 5.74) is 21.5. The van der Waals surface area contributed by atoms with Gasteiger partial charge in [-0.3, -0.25) is 0 Å². The second kappa shape index (κ2) is 10.2. The smallest absolute Gasteiger partial charge is 0.252 e. The number of rotatable bonds is 3. The van der Waals surface area contributed by atoms with Gasteiger partial charge < -0.3 is 14.4 Å². The molecule has 1 aliphatic carbocycles. The van der Waals surface area contributed by atoms with Gasteiger partial charge in [-0.05, 0) is 124 Å². The molecule has 0 bridgehead atoms. The highest BCUT2D eigenvalue weighted by Crippen LogP contribution is 2.61. The first-order chi connectivity index (χ1) is 25.2. The van der Waals surface area contributed by atoms with Gasteiger partial charge in [0.15, 0.2) is 0 Å². The van der Waals surface area contributed by atoms with Crippen molar-refractivity contribution in [3.63, 3.8) is 0 Å². The quantitative estimate of drug-likeness (QED) is 0.173. The molecule has 6 aromatic carbocycles. The summed E-state index contributed by atoms with van der Waals surface area (Å²) in [6, 6.07) is 42.5. The predicted molar refractivity (Wildman–Crippen MR) is 222 cm³/mol. The van der Waals surface area contributed by atoms with E-state index in [1.165, 1.54) is 120 Å². The number of nitrogens with zero attached hydrogens (tertiary/aromatic N) is 3. The highest BCUT2D eigenvalue weighted by molar-refractivity contribution is 7.00. The number of aromatic nitrogens is 1. The summed E-state index contributed by atoms with van der Waals surface area (Å²) in [5, 5.41) is 2.71. The summed E-state index contributed by atoms with van der Waals surface area (Å²) < 4.78 is 2.63. The van der Waals surface area contributed by atoms with Gasteiger partial charge in [-0.15, -0.1) is 0 Å². The van der Waals surface area contributed by atoms with Crippen LogP contribution in [0.5, 0.6) is 0 Å². The van der Waals surface area contributed by atoms with Crippen molar-refractivity contribution in [2.45, 2.75) is 78.2 Å². The fourth-order valence-corrected chi connectivity index (χ4v) is 11.0. The topological polar surface area (TPSA) is 11.4 Å². The van der Waals surface area contributed by atoms with E-state index in [4.69, 9.17) is 0 Å². The maximum absolute atomic E-state index is 2.85. The van der Waals surface area contributed by atoms with Gasteiger partial charge in [-0.1, -0.05) is 96.6 Å². The van der Waals surface area contributed by atoms with Gasteiger partial charge in [0.1, 0.15) is 0 Å². The Labute approximate surface area is 307 Å². The molecule has 1 saturated carbocycles. The number of hydrogen-bond donors (Lipinski definition) is 0. The van der Waals surface area contributed by atoms with Crippen molar-refractivity contribution in [3.8, 4) is 5.69 Å². The number of benzene rings is 6. The molecule has 0 saturated heterocycles. The second-order valence-corrected chi connectivity index (χ2v) is 16.8. The summed E-state index contributed by atoms with van der Waals surface area (Å²) >= 11 is 0. The molecule has 7 aromatic rings. The van der Waals surface area contributed by atoms with Gasteiger partial charge in [-0.2, -0.15) is 0 Å². The average Bonchev–Trinajstić information content (AvgIpc) is 3.56. The van der Waals surface area contributed by atoms with E-state index < -0.39 is 0 Å². The molecule has 0 N–H and O–H groups in total. The zero-order valence-electron chi connectivity index (χ0n) is 31.1. The Morgan fingerprint density at radius 2 is 1.25 bits per heavy atom. The van der Waals surface area contributed by atoms with E-state index in [-0.39, 0.29) is 17.7 Å². The molecule has 4 aliphatic rings. The molecule has 2 unspecified atom stereocenters. The van der Waals surface area contributed by atoms with Gasteiger partial charge >= 0.3 is 0 Å². The fourth-order valence-electron chi connectivity index (χ4n) is 11.0. The van der Waals surface area contributed by atoms with Crippen molar-refractivity contribution in [2.24, 2.45) is 0 Å².